The normalized spacial score (nSPS) is 11.9. The molecule has 0 saturated heterocycles. The molecule has 0 aliphatic carbocycles. The van der Waals surface area contributed by atoms with Crippen LogP contribution in [0.4, 0.5) is 5.69 Å². The Morgan fingerprint density at radius 3 is 2.27 bits per heavy atom. The van der Waals surface area contributed by atoms with E-state index in [0.29, 0.717) is 18.0 Å². The molecule has 0 heterocycles. The summed E-state index contributed by atoms with van der Waals surface area (Å²) >= 11 is 3.43. The SMILES string of the molecule is CCNC(=O)C(C)N(Cc1cccc(Br)c1)C(=O)CN(c1ccccc1)S(=O)(=O)c1ccc(OC)cc1. The number of carbonyl (C=O) groups is 2. The molecule has 0 aromatic heterocycles. The third-order valence-electron chi connectivity index (χ3n) is 5.73. The Balaban J connectivity index is 2.00. The molecular formula is C27H30BrN3O5S. The standard InChI is InChI=1S/C27H30BrN3O5S/c1-4-29-27(33)20(2)30(18-21-9-8-10-22(28)17-21)26(32)19-31(23-11-6-5-7-12-23)37(34,35)25-15-13-24(36-3)14-16-25/h5-17,20H,4,18-19H2,1-3H3,(H,29,33). The first-order chi connectivity index (χ1) is 17.7. The first-order valence-electron chi connectivity index (χ1n) is 11.7. The van der Waals surface area contributed by atoms with Gasteiger partial charge in [0.1, 0.15) is 18.3 Å². The Morgan fingerprint density at radius 1 is 1.00 bits per heavy atom. The number of sulfonamides is 1. The lowest BCUT2D eigenvalue weighted by molar-refractivity contribution is -0.139. The van der Waals surface area contributed by atoms with Gasteiger partial charge >= 0.3 is 0 Å². The van der Waals surface area contributed by atoms with E-state index in [9.17, 15) is 18.0 Å². The molecule has 0 bridgehead atoms. The summed E-state index contributed by atoms with van der Waals surface area (Å²) in [4.78, 5) is 27.9. The van der Waals surface area contributed by atoms with Crippen LogP contribution in [0.5, 0.6) is 5.75 Å². The van der Waals surface area contributed by atoms with Crippen LogP contribution >= 0.6 is 15.9 Å². The Kier molecular flexibility index (Phi) is 9.71. The fraction of sp³-hybridized carbons (Fsp3) is 0.259. The topological polar surface area (TPSA) is 96.0 Å². The predicted octanol–water partition coefficient (Wildman–Crippen LogP) is 4.21. The molecule has 0 fully saturated rings. The largest absolute Gasteiger partial charge is 0.497 e. The Labute approximate surface area is 226 Å². The molecule has 10 heteroatoms. The molecular weight excluding hydrogens is 558 g/mol. The van der Waals surface area contributed by atoms with Crippen LogP contribution in [0.25, 0.3) is 0 Å². The number of nitrogens with zero attached hydrogens (tertiary/aromatic N) is 2. The lowest BCUT2D eigenvalue weighted by atomic mass is 10.1. The van der Waals surface area contributed by atoms with Crippen LogP contribution < -0.4 is 14.4 Å². The smallest absolute Gasteiger partial charge is 0.264 e. The molecule has 1 unspecified atom stereocenters. The number of carbonyl (C=O) groups excluding carboxylic acids is 2. The number of hydrogen-bond donors (Lipinski definition) is 1. The molecule has 0 radical (unpaired) electrons. The van der Waals surface area contributed by atoms with Gasteiger partial charge in [0, 0.05) is 17.6 Å². The number of anilines is 1. The molecule has 0 saturated carbocycles. The van der Waals surface area contributed by atoms with Gasteiger partial charge in [0.2, 0.25) is 11.8 Å². The van der Waals surface area contributed by atoms with Crippen LogP contribution in [-0.2, 0) is 26.2 Å². The highest BCUT2D eigenvalue weighted by Gasteiger charge is 2.32. The molecule has 3 aromatic rings. The molecule has 3 aromatic carbocycles. The van der Waals surface area contributed by atoms with Crippen molar-refractivity contribution in [1.29, 1.82) is 0 Å². The summed E-state index contributed by atoms with van der Waals surface area (Å²) < 4.78 is 34.5. The summed E-state index contributed by atoms with van der Waals surface area (Å²) in [5.74, 6) is -0.327. The molecule has 3 rings (SSSR count). The highest BCUT2D eigenvalue weighted by atomic mass is 79.9. The van der Waals surface area contributed by atoms with Crippen molar-refractivity contribution in [3.63, 3.8) is 0 Å². The molecule has 0 aliphatic rings. The minimum Gasteiger partial charge on any atom is -0.497 e. The maximum Gasteiger partial charge on any atom is 0.264 e. The van der Waals surface area contributed by atoms with Crippen molar-refractivity contribution in [2.75, 3.05) is 24.5 Å². The number of nitrogens with one attached hydrogen (secondary N) is 1. The average Bonchev–Trinajstić information content (AvgIpc) is 2.90. The van der Waals surface area contributed by atoms with E-state index >= 15 is 0 Å². The van der Waals surface area contributed by atoms with Crippen molar-refractivity contribution in [3.05, 3.63) is 88.9 Å². The lowest BCUT2D eigenvalue weighted by Crippen LogP contribution is -2.51. The average molecular weight is 589 g/mol. The summed E-state index contributed by atoms with van der Waals surface area (Å²) in [5, 5.41) is 2.74. The van der Waals surface area contributed by atoms with E-state index in [0.717, 1.165) is 14.3 Å². The minimum absolute atomic E-state index is 0.0141. The number of benzene rings is 3. The third kappa shape index (κ3) is 7.11. The maximum absolute atomic E-state index is 13.8. The lowest BCUT2D eigenvalue weighted by Gasteiger charge is -2.32. The maximum atomic E-state index is 13.8. The molecule has 0 spiro atoms. The third-order valence-corrected chi connectivity index (χ3v) is 8.01. The van der Waals surface area contributed by atoms with Crippen LogP contribution in [0.2, 0.25) is 0 Å². The van der Waals surface area contributed by atoms with E-state index < -0.39 is 28.5 Å². The Morgan fingerprint density at radius 2 is 1.68 bits per heavy atom. The van der Waals surface area contributed by atoms with Gasteiger partial charge in [-0.05, 0) is 67.9 Å². The number of halogens is 1. The van der Waals surface area contributed by atoms with Crippen molar-refractivity contribution in [2.45, 2.75) is 31.3 Å². The first-order valence-corrected chi connectivity index (χ1v) is 13.9. The molecule has 1 atom stereocenters. The van der Waals surface area contributed by atoms with E-state index in [4.69, 9.17) is 4.74 Å². The van der Waals surface area contributed by atoms with Crippen LogP contribution in [0.3, 0.4) is 0 Å². The highest BCUT2D eigenvalue weighted by molar-refractivity contribution is 9.10. The van der Waals surface area contributed by atoms with Gasteiger partial charge in [0.05, 0.1) is 17.7 Å². The van der Waals surface area contributed by atoms with E-state index in [1.165, 1.54) is 24.1 Å². The number of ether oxygens (including phenoxy) is 1. The summed E-state index contributed by atoms with van der Waals surface area (Å²) in [6, 6.07) is 21.0. The van der Waals surface area contributed by atoms with Crippen molar-refractivity contribution in [1.82, 2.24) is 10.2 Å². The van der Waals surface area contributed by atoms with Gasteiger partial charge in [0.15, 0.2) is 0 Å². The number of hydrogen-bond acceptors (Lipinski definition) is 5. The summed E-state index contributed by atoms with van der Waals surface area (Å²) in [6.45, 7) is 3.47. The Hall–Kier alpha value is -3.37. The van der Waals surface area contributed by atoms with Gasteiger partial charge in [-0.25, -0.2) is 8.42 Å². The van der Waals surface area contributed by atoms with E-state index in [1.807, 2.05) is 24.3 Å². The zero-order valence-electron chi connectivity index (χ0n) is 20.9. The van der Waals surface area contributed by atoms with Crippen molar-refractivity contribution >= 4 is 43.5 Å². The molecule has 2 amide bonds. The second-order valence-corrected chi connectivity index (χ2v) is 11.0. The van der Waals surface area contributed by atoms with E-state index in [1.54, 1.807) is 56.3 Å². The van der Waals surface area contributed by atoms with Gasteiger partial charge in [-0.1, -0.05) is 46.3 Å². The predicted molar refractivity (Wildman–Crippen MR) is 147 cm³/mol. The number of likely N-dealkylation sites (N-methyl/N-ethyl adjacent to an activating group) is 1. The second-order valence-electron chi connectivity index (χ2n) is 8.24. The van der Waals surface area contributed by atoms with E-state index in [2.05, 4.69) is 21.2 Å². The van der Waals surface area contributed by atoms with Crippen molar-refractivity contribution in [2.24, 2.45) is 0 Å². The number of methoxy groups -OCH3 is 1. The first kappa shape index (κ1) is 28.2. The van der Waals surface area contributed by atoms with Crippen molar-refractivity contribution in [3.8, 4) is 5.75 Å². The zero-order chi connectivity index (χ0) is 27.0. The van der Waals surface area contributed by atoms with Crippen LogP contribution in [0.15, 0.2) is 88.2 Å². The van der Waals surface area contributed by atoms with Crippen LogP contribution in [-0.4, -0.2) is 51.4 Å². The Bertz CT molecular complexity index is 1320. The zero-order valence-corrected chi connectivity index (χ0v) is 23.3. The molecule has 1 N–H and O–H groups in total. The van der Waals surface area contributed by atoms with Gasteiger partial charge < -0.3 is 15.0 Å². The summed E-state index contributed by atoms with van der Waals surface area (Å²) in [5.41, 5.74) is 1.13. The van der Waals surface area contributed by atoms with Gasteiger partial charge in [-0.3, -0.25) is 13.9 Å². The van der Waals surface area contributed by atoms with Gasteiger partial charge in [0.25, 0.3) is 10.0 Å². The van der Waals surface area contributed by atoms with E-state index in [-0.39, 0.29) is 17.3 Å². The quantitative estimate of drug-likeness (QED) is 0.362. The summed E-state index contributed by atoms with van der Waals surface area (Å²) in [7, 11) is -2.63. The van der Waals surface area contributed by atoms with Gasteiger partial charge in [-0.2, -0.15) is 0 Å². The van der Waals surface area contributed by atoms with Crippen molar-refractivity contribution < 1.29 is 22.7 Å². The minimum atomic E-state index is -4.12. The number of rotatable bonds is 11. The monoisotopic (exact) mass is 587 g/mol. The fourth-order valence-corrected chi connectivity index (χ4v) is 5.60. The fourth-order valence-electron chi connectivity index (χ4n) is 3.73. The second kappa shape index (κ2) is 12.7. The molecule has 0 aliphatic heterocycles. The van der Waals surface area contributed by atoms with Gasteiger partial charge in [-0.15, -0.1) is 0 Å². The molecule has 8 nitrogen and oxygen atoms in total. The van der Waals surface area contributed by atoms with Crippen LogP contribution in [0.1, 0.15) is 19.4 Å². The number of amides is 2. The number of para-hydroxylation sites is 1. The van der Waals surface area contributed by atoms with Crippen LogP contribution in [0, 0.1) is 0 Å². The molecule has 37 heavy (non-hydrogen) atoms. The highest BCUT2D eigenvalue weighted by Crippen LogP contribution is 2.26. The summed E-state index contributed by atoms with van der Waals surface area (Å²) in [6.07, 6.45) is 0. The molecule has 196 valence electrons.